The fourth-order valence-electron chi connectivity index (χ4n) is 4.66. The molecule has 2 heterocycles. The van der Waals surface area contributed by atoms with Crippen LogP contribution in [-0.4, -0.2) is 31.6 Å². The van der Waals surface area contributed by atoms with Crippen molar-refractivity contribution in [2.75, 3.05) is 25.0 Å². The molecule has 1 saturated heterocycles. The molecule has 0 radical (unpaired) electrons. The summed E-state index contributed by atoms with van der Waals surface area (Å²) in [5.74, 6) is -0.0497. The second kappa shape index (κ2) is 9.50. The third kappa shape index (κ3) is 5.07. The van der Waals surface area contributed by atoms with E-state index in [1.807, 2.05) is 30.3 Å². The van der Waals surface area contributed by atoms with Crippen molar-refractivity contribution >= 4 is 11.6 Å². The van der Waals surface area contributed by atoms with E-state index >= 15 is 0 Å². The molecule has 2 aromatic carbocycles. The molecule has 0 unspecified atom stereocenters. The Morgan fingerprint density at radius 3 is 2.62 bits per heavy atom. The van der Waals surface area contributed by atoms with E-state index in [4.69, 9.17) is 4.74 Å². The van der Waals surface area contributed by atoms with Gasteiger partial charge < -0.3 is 20.7 Å². The molecule has 2 aliphatic rings. The van der Waals surface area contributed by atoms with E-state index in [9.17, 15) is 18.0 Å². The van der Waals surface area contributed by atoms with Gasteiger partial charge in [0.15, 0.2) is 0 Å². The highest BCUT2D eigenvalue weighted by Crippen LogP contribution is 2.51. The lowest BCUT2D eigenvalue weighted by Crippen LogP contribution is -2.43. The zero-order valence-corrected chi connectivity index (χ0v) is 17.9. The van der Waals surface area contributed by atoms with E-state index in [1.54, 1.807) is 0 Å². The number of carbonyl (C=O) groups is 1. The number of carbonyl (C=O) groups excluding carboxylic acids is 1. The summed E-state index contributed by atoms with van der Waals surface area (Å²) in [6, 6.07) is 13.8. The molecule has 0 aliphatic carbocycles. The minimum absolute atomic E-state index is 0.0286. The number of rotatable bonds is 6. The Labute approximate surface area is 185 Å². The van der Waals surface area contributed by atoms with Crippen LogP contribution in [0.5, 0.6) is 0 Å². The summed E-state index contributed by atoms with van der Waals surface area (Å²) in [6.07, 6.45) is -3.28. The van der Waals surface area contributed by atoms with Crippen LogP contribution in [0.4, 0.5) is 18.9 Å². The van der Waals surface area contributed by atoms with Crippen LogP contribution in [0.3, 0.4) is 0 Å². The lowest BCUT2D eigenvalue weighted by molar-refractivity contribution is -0.138. The average Bonchev–Trinajstić information content (AvgIpc) is 2.77. The lowest BCUT2D eigenvalue weighted by atomic mass is 9.76. The average molecular weight is 448 g/mol. The third-order valence-electron chi connectivity index (χ3n) is 6.18. The molecule has 0 saturated carbocycles. The second-order valence-corrected chi connectivity index (χ2v) is 8.44. The fraction of sp³-hybridized carbons (Fsp3) is 0.458. The number of amides is 1. The van der Waals surface area contributed by atoms with E-state index in [1.165, 1.54) is 19.1 Å². The van der Waals surface area contributed by atoms with Crippen LogP contribution in [0.2, 0.25) is 0 Å². The Kier molecular flexibility index (Phi) is 6.71. The van der Waals surface area contributed by atoms with Gasteiger partial charge in [0.2, 0.25) is 5.91 Å². The van der Waals surface area contributed by atoms with Gasteiger partial charge in [-0.15, -0.1) is 0 Å². The molecule has 4 rings (SSSR count). The van der Waals surface area contributed by atoms with Crippen molar-refractivity contribution < 1.29 is 22.7 Å². The van der Waals surface area contributed by atoms with Crippen LogP contribution in [0.15, 0.2) is 48.5 Å². The summed E-state index contributed by atoms with van der Waals surface area (Å²) in [6.45, 7) is 3.18. The van der Waals surface area contributed by atoms with Crippen molar-refractivity contribution in [2.45, 2.75) is 44.2 Å². The normalized spacial score (nSPS) is 24.8. The Morgan fingerprint density at radius 2 is 1.91 bits per heavy atom. The van der Waals surface area contributed by atoms with Crippen molar-refractivity contribution in [1.29, 1.82) is 0 Å². The van der Waals surface area contributed by atoms with Crippen molar-refractivity contribution in [3.05, 3.63) is 65.2 Å². The van der Waals surface area contributed by atoms with Crippen molar-refractivity contribution in [3.8, 4) is 0 Å². The van der Waals surface area contributed by atoms with E-state index in [0.29, 0.717) is 30.9 Å². The maximum Gasteiger partial charge on any atom is 0.416 e. The van der Waals surface area contributed by atoms with Gasteiger partial charge in [-0.25, -0.2) is 0 Å². The van der Waals surface area contributed by atoms with Crippen LogP contribution in [0.25, 0.3) is 0 Å². The first-order valence-corrected chi connectivity index (χ1v) is 11.0. The molecular formula is C24H28F3N3O2. The number of fused-ring (bicyclic) bond motifs is 3. The fourth-order valence-corrected chi connectivity index (χ4v) is 4.66. The molecule has 5 nitrogen and oxygen atoms in total. The number of alkyl halides is 3. The van der Waals surface area contributed by atoms with Crippen molar-refractivity contribution in [2.24, 2.45) is 5.92 Å². The zero-order valence-electron chi connectivity index (χ0n) is 17.9. The molecule has 4 atom stereocenters. The number of halogens is 3. The predicted octanol–water partition coefficient (Wildman–Crippen LogP) is 4.43. The smallest absolute Gasteiger partial charge is 0.378 e. The number of hydrogen-bond acceptors (Lipinski definition) is 4. The number of hydrogen-bond donors (Lipinski definition) is 3. The minimum atomic E-state index is -4.40. The maximum absolute atomic E-state index is 13.4. The monoisotopic (exact) mass is 447 g/mol. The molecule has 32 heavy (non-hydrogen) atoms. The second-order valence-electron chi connectivity index (χ2n) is 8.44. The van der Waals surface area contributed by atoms with E-state index in [2.05, 4.69) is 16.0 Å². The molecule has 8 heteroatoms. The molecule has 3 N–H and O–H groups in total. The Balaban J connectivity index is 1.55. The largest absolute Gasteiger partial charge is 0.416 e. The molecule has 172 valence electrons. The number of anilines is 1. The molecule has 2 aliphatic heterocycles. The lowest BCUT2D eigenvalue weighted by Gasteiger charge is -2.46. The Morgan fingerprint density at radius 1 is 1.12 bits per heavy atom. The van der Waals surface area contributed by atoms with Gasteiger partial charge in [-0.3, -0.25) is 4.79 Å². The van der Waals surface area contributed by atoms with Gasteiger partial charge in [-0.2, -0.15) is 13.2 Å². The maximum atomic E-state index is 13.4. The minimum Gasteiger partial charge on any atom is -0.378 e. The molecule has 1 amide bonds. The number of ether oxygens (including phenoxy) is 1. The van der Waals surface area contributed by atoms with Gasteiger partial charge in [0.1, 0.15) is 0 Å². The summed E-state index contributed by atoms with van der Waals surface area (Å²) in [5, 5.41) is 9.48. The highest BCUT2D eigenvalue weighted by atomic mass is 19.4. The summed E-state index contributed by atoms with van der Waals surface area (Å²) in [4.78, 5) is 11.0. The van der Waals surface area contributed by atoms with Crippen molar-refractivity contribution in [3.63, 3.8) is 0 Å². The first kappa shape index (κ1) is 22.6. The third-order valence-corrected chi connectivity index (χ3v) is 6.18. The van der Waals surface area contributed by atoms with Crippen LogP contribution in [0, 0.1) is 5.92 Å². The molecule has 0 aromatic heterocycles. The molecule has 0 spiro atoms. The van der Waals surface area contributed by atoms with Gasteiger partial charge in [0.05, 0.1) is 23.8 Å². The standard InChI is InChI=1S/C24H28F3N3O2/c1-15(31)29-12-11-28-14-18-8-9-19-22(16-5-3-2-4-6-16)30-21-10-7-17(24(25,26)27)13-20(21)23(19)32-18/h2-7,10,13,18-19,22-23,28,30H,8-9,11-12,14H2,1H3,(H,29,31)/t18-,19+,22+,23+/m1/s1. The quantitative estimate of drug-likeness (QED) is 0.574. The van der Waals surface area contributed by atoms with E-state index in [0.717, 1.165) is 24.5 Å². The van der Waals surface area contributed by atoms with Crippen LogP contribution in [-0.2, 0) is 15.7 Å². The Hall–Kier alpha value is -2.58. The van der Waals surface area contributed by atoms with Gasteiger partial charge in [0, 0.05) is 43.7 Å². The molecule has 0 bridgehead atoms. The first-order valence-electron chi connectivity index (χ1n) is 11.0. The first-order chi connectivity index (χ1) is 15.3. The highest BCUT2D eigenvalue weighted by molar-refractivity contribution is 5.72. The molecular weight excluding hydrogens is 419 g/mol. The zero-order chi connectivity index (χ0) is 22.7. The summed E-state index contributed by atoms with van der Waals surface area (Å²) < 4.78 is 46.6. The molecule has 1 fully saturated rings. The van der Waals surface area contributed by atoms with E-state index < -0.39 is 17.8 Å². The summed E-state index contributed by atoms with van der Waals surface area (Å²) >= 11 is 0. The number of benzene rings is 2. The van der Waals surface area contributed by atoms with Crippen LogP contribution < -0.4 is 16.0 Å². The topological polar surface area (TPSA) is 62.4 Å². The van der Waals surface area contributed by atoms with Gasteiger partial charge in [-0.1, -0.05) is 30.3 Å². The summed E-state index contributed by atoms with van der Waals surface area (Å²) in [7, 11) is 0. The van der Waals surface area contributed by atoms with Gasteiger partial charge in [0.25, 0.3) is 0 Å². The predicted molar refractivity (Wildman–Crippen MR) is 116 cm³/mol. The van der Waals surface area contributed by atoms with E-state index in [-0.39, 0.29) is 24.0 Å². The van der Waals surface area contributed by atoms with Crippen LogP contribution >= 0.6 is 0 Å². The van der Waals surface area contributed by atoms with Crippen molar-refractivity contribution in [1.82, 2.24) is 10.6 Å². The van der Waals surface area contributed by atoms with Gasteiger partial charge in [-0.05, 0) is 36.6 Å². The highest BCUT2D eigenvalue weighted by Gasteiger charge is 2.43. The Bertz CT molecular complexity index is 936. The summed E-state index contributed by atoms with van der Waals surface area (Å²) in [5.41, 5.74) is 1.70. The van der Waals surface area contributed by atoms with Crippen LogP contribution in [0.1, 0.15) is 48.6 Å². The SMILES string of the molecule is CC(=O)NCCNC[C@H]1CC[C@@H]2[C@H](O1)c1cc(C(F)(F)F)ccc1N[C@H]2c1ccccc1. The molecule has 2 aromatic rings. The van der Waals surface area contributed by atoms with Gasteiger partial charge >= 0.3 is 6.18 Å². The number of nitrogens with one attached hydrogen (secondary N) is 3.